The molecule has 1 fully saturated rings. The maximum absolute atomic E-state index is 6.36. The molecule has 2 aromatic rings. The van der Waals surface area contributed by atoms with Crippen molar-refractivity contribution in [2.24, 2.45) is 0 Å². The van der Waals surface area contributed by atoms with Crippen LogP contribution in [0.2, 0.25) is 0 Å². The second-order valence-electron chi connectivity index (χ2n) is 5.09. The Hall–Kier alpha value is -0.520. The minimum absolute atomic E-state index is 0.108. The van der Waals surface area contributed by atoms with Crippen LogP contribution in [0.4, 0.5) is 0 Å². The fraction of sp³-hybridized carbons (Fsp3) is 0.533. The summed E-state index contributed by atoms with van der Waals surface area (Å²) < 4.78 is 7.71. The van der Waals surface area contributed by atoms with Crippen LogP contribution in [-0.2, 0) is 6.54 Å². The zero-order valence-electron chi connectivity index (χ0n) is 12.2. The summed E-state index contributed by atoms with van der Waals surface area (Å²) in [6.07, 6.45) is 0. The molecule has 1 aromatic carbocycles. The summed E-state index contributed by atoms with van der Waals surface area (Å²) >= 11 is 10.5. The van der Waals surface area contributed by atoms with E-state index in [2.05, 4.69) is 22.4 Å². The summed E-state index contributed by atoms with van der Waals surface area (Å²) in [5.74, 6) is 5.45. The Morgan fingerprint density at radius 1 is 1.48 bits per heavy atom. The lowest BCUT2D eigenvalue weighted by Crippen LogP contribution is -2.21. The molecule has 0 bridgehead atoms. The average Bonchev–Trinajstić information content (AvgIpc) is 2.87. The Balaban J connectivity index is 2.03. The van der Waals surface area contributed by atoms with E-state index in [1.165, 1.54) is 17.3 Å². The SMILES string of the molecule is COc1cccc2c1nc(C(C)Cl)n2CC1CSCCS1. The molecule has 0 radical (unpaired) electrons. The van der Waals surface area contributed by atoms with Crippen molar-refractivity contribution in [3.05, 3.63) is 24.0 Å². The first kappa shape index (κ1) is 15.4. The molecular formula is C15H19ClN2OS2. The van der Waals surface area contributed by atoms with Gasteiger partial charge in [-0.25, -0.2) is 4.98 Å². The molecule has 6 heteroatoms. The van der Waals surface area contributed by atoms with Gasteiger partial charge in [0.05, 0.1) is 18.0 Å². The third kappa shape index (κ3) is 3.15. The van der Waals surface area contributed by atoms with Gasteiger partial charge in [-0.2, -0.15) is 23.5 Å². The van der Waals surface area contributed by atoms with Gasteiger partial charge in [0, 0.05) is 29.1 Å². The van der Waals surface area contributed by atoms with E-state index in [9.17, 15) is 0 Å². The second-order valence-corrected chi connectivity index (χ2v) is 8.31. The van der Waals surface area contributed by atoms with Crippen molar-refractivity contribution in [2.75, 3.05) is 24.4 Å². The van der Waals surface area contributed by atoms with Crippen molar-refractivity contribution in [1.82, 2.24) is 9.55 Å². The molecule has 1 aliphatic rings. The van der Waals surface area contributed by atoms with E-state index >= 15 is 0 Å². The Morgan fingerprint density at radius 2 is 2.33 bits per heavy atom. The maximum Gasteiger partial charge on any atom is 0.146 e. The van der Waals surface area contributed by atoms with Crippen molar-refractivity contribution in [2.45, 2.75) is 24.1 Å². The van der Waals surface area contributed by atoms with Crippen LogP contribution >= 0.6 is 35.1 Å². The first-order chi connectivity index (χ1) is 10.2. The summed E-state index contributed by atoms with van der Waals surface area (Å²) in [5, 5.41) is 0.518. The third-order valence-corrected chi connectivity index (χ3v) is 6.64. The molecule has 0 aliphatic carbocycles. The van der Waals surface area contributed by atoms with Gasteiger partial charge in [-0.3, -0.25) is 0 Å². The van der Waals surface area contributed by atoms with Gasteiger partial charge >= 0.3 is 0 Å². The van der Waals surface area contributed by atoms with Crippen LogP contribution in [0.15, 0.2) is 18.2 Å². The van der Waals surface area contributed by atoms with Crippen LogP contribution in [0.3, 0.4) is 0 Å². The monoisotopic (exact) mass is 342 g/mol. The minimum Gasteiger partial charge on any atom is -0.494 e. The predicted octanol–water partition coefficient (Wildman–Crippen LogP) is 4.19. The number of alkyl halides is 1. The fourth-order valence-corrected chi connectivity index (χ4v) is 5.46. The Labute approximate surface area is 138 Å². The molecule has 114 valence electrons. The average molecular weight is 343 g/mol. The Bertz CT molecular complexity index is 623. The number of rotatable bonds is 4. The highest BCUT2D eigenvalue weighted by atomic mass is 35.5. The molecule has 3 rings (SSSR count). The molecule has 0 amide bonds. The van der Waals surface area contributed by atoms with Gasteiger partial charge in [0.1, 0.15) is 17.1 Å². The second kappa shape index (κ2) is 6.71. The molecule has 1 aromatic heterocycles. The van der Waals surface area contributed by atoms with E-state index in [4.69, 9.17) is 21.3 Å². The zero-order chi connectivity index (χ0) is 14.8. The van der Waals surface area contributed by atoms with E-state index in [0.717, 1.165) is 29.2 Å². The van der Waals surface area contributed by atoms with Crippen molar-refractivity contribution >= 4 is 46.2 Å². The minimum atomic E-state index is -0.108. The van der Waals surface area contributed by atoms with Crippen LogP contribution in [-0.4, -0.2) is 39.2 Å². The van der Waals surface area contributed by atoms with Gasteiger partial charge in [-0.05, 0) is 19.1 Å². The summed E-state index contributed by atoms with van der Waals surface area (Å²) in [6.45, 7) is 2.95. The van der Waals surface area contributed by atoms with Crippen LogP contribution in [0.1, 0.15) is 18.1 Å². The number of fused-ring (bicyclic) bond motifs is 1. The van der Waals surface area contributed by atoms with E-state index in [1.54, 1.807) is 7.11 Å². The van der Waals surface area contributed by atoms with Crippen LogP contribution in [0.5, 0.6) is 5.75 Å². The van der Waals surface area contributed by atoms with Crippen LogP contribution in [0, 0.1) is 0 Å². The molecule has 3 nitrogen and oxygen atoms in total. The number of benzene rings is 1. The van der Waals surface area contributed by atoms with Gasteiger partial charge in [-0.15, -0.1) is 11.6 Å². The van der Waals surface area contributed by atoms with E-state index in [1.807, 2.05) is 30.8 Å². The lowest BCUT2D eigenvalue weighted by atomic mass is 10.3. The standard InChI is InChI=1S/C15H19ClN2OS2/c1-10(16)15-17-14-12(4-3-5-13(14)19-2)18(15)8-11-9-20-6-7-21-11/h3-5,10-11H,6-9H2,1-2H3. The molecule has 1 saturated heterocycles. The van der Waals surface area contributed by atoms with Crippen LogP contribution < -0.4 is 4.74 Å². The number of para-hydroxylation sites is 1. The molecule has 2 unspecified atom stereocenters. The van der Waals surface area contributed by atoms with Crippen molar-refractivity contribution < 1.29 is 4.74 Å². The third-order valence-electron chi connectivity index (χ3n) is 3.62. The highest BCUT2D eigenvalue weighted by Gasteiger charge is 2.21. The number of imidazole rings is 1. The van der Waals surface area contributed by atoms with E-state index in [0.29, 0.717) is 5.25 Å². The van der Waals surface area contributed by atoms with Crippen LogP contribution in [0.25, 0.3) is 11.0 Å². The number of ether oxygens (including phenoxy) is 1. The molecule has 2 atom stereocenters. The zero-order valence-corrected chi connectivity index (χ0v) is 14.6. The number of halogens is 1. The molecule has 1 aliphatic heterocycles. The van der Waals surface area contributed by atoms with E-state index < -0.39 is 0 Å². The van der Waals surface area contributed by atoms with Gasteiger partial charge in [0.15, 0.2) is 0 Å². The number of thioether (sulfide) groups is 2. The number of methoxy groups -OCH3 is 1. The Morgan fingerprint density at radius 3 is 3.00 bits per heavy atom. The predicted molar refractivity (Wildman–Crippen MR) is 94.1 cm³/mol. The lowest BCUT2D eigenvalue weighted by Gasteiger charge is -2.23. The first-order valence-corrected chi connectivity index (χ1v) is 9.71. The largest absolute Gasteiger partial charge is 0.494 e. The van der Waals surface area contributed by atoms with E-state index in [-0.39, 0.29) is 5.38 Å². The lowest BCUT2D eigenvalue weighted by molar-refractivity contribution is 0.419. The maximum atomic E-state index is 6.36. The topological polar surface area (TPSA) is 27.1 Å². The van der Waals surface area contributed by atoms with Crippen molar-refractivity contribution in [1.29, 1.82) is 0 Å². The van der Waals surface area contributed by atoms with Gasteiger partial charge in [0.2, 0.25) is 0 Å². The van der Waals surface area contributed by atoms with Crippen molar-refractivity contribution in [3.8, 4) is 5.75 Å². The normalized spacial score (nSPS) is 20.6. The number of aromatic nitrogens is 2. The Kier molecular flexibility index (Phi) is 4.92. The number of nitrogens with zero attached hydrogens (tertiary/aromatic N) is 2. The first-order valence-electron chi connectivity index (χ1n) is 7.07. The highest BCUT2D eigenvalue weighted by molar-refractivity contribution is 8.06. The highest BCUT2D eigenvalue weighted by Crippen LogP contribution is 2.32. The summed E-state index contributed by atoms with van der Waals surface area (Å²) in [6, 6.07) is 6.08. The molecule has 21 heavy (non-hydrogen) atoms. The smallest absolute Gasteiger partial charge is 0.146 e. The molecular weight excluding hydrogens is 324 g/mol. The molecule has 0 N–H and O–H groups in total. The van der Waals surface area contributed by atoms with Crippen molar-refractivity contribution in [3.63, 3.8) is 0 Å². The molecule has 0 saturated carbocycles. The number of hydrogen-bond acceptors (Lipinski definition) is 4. The van der Waals surface area contributed by atoms with Gasteiger partial charge in [0.25, 0.3) is 0 Å². The quantitative estimate of drug-likeness (QED) is 0.778. The summed E-state index contributed by atoms with van der Waals surface area (Å²) in [7, 11) is 1.69. The van der Waals surface area contributed by atoms with Gasteiger partial charge < -0.3 is 9.30 Å². The summed E-state index contributed by atoms with van der Waals surface area (Å²) in [5.41, 5.74) is 2.03. The molecule has 0 spiro atoms. The van der Waals surface area contributed by atoms with Gasteiger partial charge in [-0.1, -0.05) is 6.07 Å². The summed E-state index contributed by atoms with van der Waals surface area (Å²) in [4.78, 5) is 4.74. The molecule has 2 heterocycles. The number of hydrogen-bond donors (Lipinski definition) is 0. The fourth-order valence-electron chi connectivity index (χ4n) is 2.65.